The molecule has 0 bridgehead atoms. The van der Waals surface area contributed by atoms with Crippen LogP contribution in [0.25, 0.3) is 11.3 Å². The van der Waals surface area contributed by atoms with E-state index in [9.17, 15) is 4.79 Å². The molecule has 0 spiro atoms. The molecule has 4 rings (SSSR count). The van der Waals surface area contributed by atoms with Crippen LogP contribution in [-0.2, 0) is 4.79 Å². The van der Waals surface area contributed by atoms with E-state index >= 15 is 0 Å². The SMILES string of the molecule is CCCC(=O)C[C@H]1C=C(c2ccc(Cl)cc2)c2ccccc2-n2c(C)nnc21. The van der Waals surface area contributed by atoms with Crippen LogP contribution in [0.15, 0.2) is 54.6 Å². The van der Waals surface area contributed by atoms with Crippen LogP contribution in [0.3, 0.4) is 0 Å². The summed E-state index contributed by atoms with van der Waals surface area (Å²) in [7, 11) is 0. The molecule has 1 aromatic heterocycles. The molecule has 0 fully saturated rings. The van der Waals surface area contributed by atoms with Crippen molar-refractivity contribution in [3.63, 3.8) is 0 Å². The molecular formula is C23H22ClN3O. The number of fused-ring (bicyclic) bond motifs is 3. The molecule has 2 aromatic carbocycles. The minimum absolute atomic E-state index is 0.127. The average molecular weight is 392 g/mol. The number of aryl methyl sites for hydroxylation is 1. The van der Waals surface area contributed by atoms with Gasteiger partial charge in [-0.3, -0.25) is 9.36 Å². The Morgan fingerprint density at radius 3 is 2.61 bits per heavy atom. The summed E-state index contributed by atoms with van der Waals surface area (Å²) in [4.78, 5) is 12.5. The number of Topliss-reactive ketones (excluding diaryl/α,β-unsaturated/α-hetero) is 1. The third-order valence-corrected chi connectivity index (χ3v) is 5.37. The van der Waals surface area contributed by atoms with E-state index in [1.807, 2.05) is 50.2 Å². The molecule has 0 unspecified atom stereocenters. The number of carbonyl (C=O) groups excluding carboxylic acids is 1. The Balaban J connectivity index is 1.92. The van der Waals surface area contributed by atoms with E-state index in [0.29, 0.717) is 17.9 Å². The summed E-state index contributed by atoms with van der Waals surface area (Å²) in [6.45, 7) is 3.98. The summed E-state index contributed by atoms with van der Waals surface area (Å²) in [6.07, 6.45) is 4.03. The second-order valence-corrected chi connectivity index (χ2v) is 7.58. The van der Waals surface area contributed by atoms with Crippen LogP contribution in [-0.4, -0.2) is 20.5 Å². The minimum Gasteiger partial charge on any atom is -0.300 e. The largest absolute Gasteiger partial charge is 0.300 e. The number of halogens is 1. The number of nitrogens with zero attached hydrogens (tertiary/aromatic N) is 3. The highest BCUT2D eigenvalue weighted by atomic mass is 35.5. The number of para-hydroxylation sites is 1. The topological polar surface area (TPSA) is 47.8 Å². The van der Waals surface area contributed by atoms with Crippen molar-refractivity contribution in [1.29, 1.82) is 0 Å². The number of carbonyl (C=O) groups is 1. The van der Waals surface area contributed by atoms with E-state index < -0.39 is 0 Å². The van der Waals surface area contributed by atoms with Crippen LogP contribution in [0.2, 0.25) is 5.02 Å². The number of allylic oxidation sites excluding steroid dienone is 1. The fourth-order valence-electron chi connectivity index (χ4n) is 3.84. The van der Waals surface area contributed by atoms with Crippen molar-refractivity contribution in [2.45, 2.75) is 39.0 Å². The normalized spacial score (nSPS) is 15.4. The molecule has 0 amide bonds. The van der Waals surface area contributed by atoms with Gasteiger partial charge in [0.2, 0.25) is 0 Å². The quantitative estimate of drug-likeness (QED) is 0.575. The van der Waals surface area contributed by atoms with Gasteiger partial charge >= 0.3 is 0 Å². The molecule has 1 atom stereocenters. The highest BCUT2D eigenvalue weighted by Crippen LogP contribution is 2.38. The average Bonchev–Trinajstić information content (AvgIpc) is 3.01. The van der Waals surface area contributed by atoms with Crippen LogP contribution in [0.1, 0.15) is 54.9 Å². The minimum atomic E-state index is -0.127. The fourth-order valence-corrected chi connectivity index (χ4v) is 3.96. The van der Waals surface area contributed by atoms with Gasteiger partial charge in [-0.05, 0) is 42.7 Å². The lowest BCUT2D eigenvalue weighted by atomic mass is 9.91. The summed E-state index contributed by atoms with van der Waals surface area (Å²) in [5.41, 5.74) is 4.29. The van der Waals surface area contributed by atoms with Gasteiger partial charge in [0.05, 0.1) is 5.69 Å². The molecule has 0 N–H and O–H groups in total. The van der Waals surface area contributed by atoms with E-state index in [0.717, 1.165) is 40.5 Å². The summed E-state index contributed by atoms with van der Waals surface area (Å²) < 4.78 is 2.08. The van der Waals surface area contributed by atoms with Crippen molar-refractivity contribution in [2.24, 2.45) is 0 Å². The third-order valence-electron chi connectivity index (χ3n) is 5.12. The van der Waals surface area contributed by atoms with Crippen LogP contribution in [0.5, 0.6) is 0 Å². The van der Waals surface area contributed by atoms with E-state index in [4.69, 9.17) is 11.6 Å². The zero-order valence-electron chi connectivity index (χ0n) is 16.0. The van der Waals surface area contributed by atoms with Gasteiger partial charge in [-0.2, -0.15) is 0 Å². The highest BCUT2D eigenvalue weighted by Gasteiger charge is 2.27. The Labute approximate surface area is 169 Å². The summed E-state index contributed by atoms with van der Waals surface area (Å²) in [6, 6.07) is 16.1. The number of hydrogen-bond acceptors (Lipinski definition) is 3. The Kier molecular flexibility index (Phi) is 5.14. The van der Waals surface area contributed by atoms with Crippen molar-refractivity contribution in [3.05, 3.63) is 82.4 Å². The fraction of sp³-hybridized carbons (Fsp3) is 0.261. The summed E-state index contributed by atoms with van der Waals surface area (Å²) in [5.74, 6) is 1.76. The molecule has 1 aliphatic rings. The van der Waals surface area contributed by atoms with E-state index in [2.05, 4.69) is 33.0 Å². The molecule has 1 aliphatic heterocycles. The van der Waals surface area contributed by atoms with E-state index in [-0.39, 0.29) is 11.7 Å². The predicted molar refractivity (Wildman–Crippen MR) is 112 cm³/mol. The zero-order valence-corrected chi connectivity index (χ0v) is 16.8. The molecule has 0 radical (unpaired) electrons. The number of hydrogen-bond donors (Lipinski definition) is 0. The smallest absolute Gasteiger partial charge is 0.145 e. The van der Waals surface area contributed by atoms with Gasteiger partial charge in [-0.15, -0.1) is 10.2 Å². The van der Waals surface area contributed by atoms with Crippen molar-refractivity contribution in [3.8, 4) is 5.69 Å². The Morgan fingerprint density at radius 2 is 1.86 bits per heavy atom. The van der Waals surface area contributed by atoms with Crippen molar-refractivity contribution < 1.29 is 4.79 Å². The molecule has 2 heterocycles. The van der Waals surface area contributed by atoms with Gasteiger partial charge in [0.1, 0.15) is 17.4 Å². The second-order valence-electron chi connectivity index (χ2n) is 7.14. The molecule has 0 saturated heterocycles. The van der Waals surface area contributed by atoms with Crippen LogP contribution < -0.4 is 0 Å². The van der Waals surface area contributed by atoms with Gasteiger partial charge in [0, 0.05) is 29.3 Å². The van der Waals surface area contributed by atoms with E-state index in [1.54, 1.807) is 0 Å². The van der Waals surface area contributed by atoms with Gasteiger partial charge in [0.25, 0.3) is 0 Å². The Morgan fingerprint density at radius 1 is 1.11 bits per heavy atom. The first kappa shape index (κ1) is 18.6. The first-order valence-electron chi connectivity index (χ1n) is 9.59. The van der Waals surface area contributed by atoms with Gasteiger partial charge in [-0.25, -0.2) is 0 Å². The molecule has 4 nitrogen and oxygen atoms in total. The van der Waals surface area contributed by atoms with Crippen LogP contribution in [0, 0.1) is 6.92 Å². The number of benzene rings is 2. The van der Waals surface area contributed by atoms with Crippen molar-refractivity contribution in [1.82, 2.24) is 14.8 Å². The number of ketones is 1. The van der Waals surface area contributed by atoms with Crippen LogP contribution in [0.4, 0.5) is 0 Å². The lowest BCUT2D eigenvalue weighted by molar-refractivity contribution is -0.119. The second kappa shape index (κ2) is 7.72. The Bertz CT molecular complexity index is 1050. The lowest BCUT2D eigenvalue weighted by Crippen LogP contribution is -2.10. The number of rotatable bonds is 5. The maximum absolute atomic E-state index is 12.5. The van der Waals surface area contributed by atoms with Crippen molar-refractivity contribution >= 4 is 23.0 Å². The van der Waals surface area contributed by atoms with Gasteiger partial charge in [0.15, 0.2) is 0 Å². The molecular weight excluding hydrogens is 370 g/mol. The van der Waals surface area contributed by atoms with Gasteiger partial charge in [-0.1, -0.05) is 54.9 Å². The van der Waals surface area contributed by atoms with Crippen LogP contribution >= 0.6 is 11.6 Å². The maximum atomic E-state index is 12.5. The molecule has 0 saturated carbocycles. The first-order valence-corrected chi connectivity index (χ1v) is 9.97. The van der Waals surface area contributed by atoms with Crippen molar-refractivity contribution in [2.75, 3.05) is 0 Å². The summed E-state index contributed by atoms with van der Waals surface area (Å²) >= 11 is 6.11. The molecule has 5 heteroatoms. The highest BCUT2D eigenvalue weighted by molar-refractivity contribution is 6.30. The van der Waals surface area contributed by atoms with E-state index in [1.165, 1.54) is 0 Å². The predicted octanol–water partition coefficient (Wildman–Crippen LogP) is 5.52. The standard InChI is InChI=1S/C23H22ClN3O/c1-3-6-19(28)13-17-14-21(16-9-11-18(24)12-10-16)20-7-4-5-8-22(20)27-15(2)25-26-23(17)27/h4-5,7-12,14,17H,3,6,13H2,1-2H3/t17-/m0/s1. The molecule has 3 aromatic rings. The number of aromatic nitrogens is 3. The third kappa shape index (κ3) is 3.40. The monoisotopic (exact) mass is 391 g/mol. The maximum Gasteiger partial charge on any atom is 0.145 e. The lowest BCUT2D eigenvalue weighted by Gasteiger charge is -2.13. The Hall–Kier alpha value is -2.72. The summed E-state index contributed by atoms with van der Waals surface area (Å²) in [5, 5.41) is 9.46. The molecule has 142 valence electrons. The molecule has 28 heavy (non-hydrogen) atoms. The van der Waals surface area contributed by atoms with Gasteiger partial charge < -0.3 is 0 Å². The molecule has 0 aliphatic carbocycles. The zero-order chi connectivity index (χ0) is 19.7. The first-order chi connectivity index (χ1) is 13.6.